The Morgan fingerprint density at radius 3 is 2.79 bits per heavy atom. The number of halogens is 1. The van der Waals surface area contributed by atoms with Crippen LogP contribution in [0.5, 0.6) is 0 Å². The molecule has 3 rings (SSSR count). The number of para-hydroxylation sites is 1. The second-order valence-corrected chi connectivity index (χ2v) is 4.79. The molecule has 0 amide bonds. The van der Waals surface area contributed by atoms with Gasteiger partial charge in [0.1, 0.15) is 5.76 Å². The number of hydrogen-bond acceptors (Lipinski definition) is 2. The number of aliphatic hydroxyl groups excluding tert-OH is 1. The van der Waals surface area contributed by atoms with E-state index in [0.29, 0.717) is 5.76 Å². The standard InChI is InChI=1S/C15H16N2O.ClH/c1-17(2)14-8-4-7-12-11-6-3-5-10(18)9-13(11)16-15(12)14;/h3-5,7-9,16,18H,6H2,1-2H3;1H. The van der Waals surface area contributed by atoms with Gasteiger partial charge in [-0.2, -0.15) is 0 Å². The molecular weight excluding hydrogens is 260 g/mol. The van der Waals surface area contributed by atoms with Gasteiger partial charge in [0.15, 0.2) is 0 Å². The molecule has 0 saturated carbocycles. The first-order valence-corrected chi connectivity index (χ1v) is 6.05. The lowest BCUT2D eigenvalue weighted by molar-refractivity contribution is 0.437. The number of allylic oxidation sites excluding steroid dienone is 2. The molecule has 0 saturated heterocycles. The van der Waals surface area contributed by atoms with Crippen molar-refractivity contribution in [1.29, 1.82) is 0 Å². The Labute approximate surface area is 118 Å². The maximum Gasteiger partial charge on any atom is 0.117 e. The van der Waals surface area contributed by atoms with Gasteiger partial charge < -0.3 is 15.0 Å². The molecule has 100 valence electrons. The van der Waals surface area contributed by atoms with Crippen molar-refractivity contribution in [2.45, 2.75) is 6.42 Å². The summed E-state index contributed by atoms with van der Waals surface area (Å²) in [5, 5.41) is 10.9. The van der Waals surface area contributed by atoms with Gasteiger partial charge in [0.25, 0.3) is 0 Å². The Hall–Kier alpha value is -1.87. The maximum atomic E-state index is 9.68. The zero-order chi connectivity index (χ0) is 12.7. The second-order valence-electron chi connectivity index (χ2n) is 4.79. The van der Waals surface area contributed by atoms with Crippen LogP contribution in [0.1, 0.15) is 11.3 Å². The number of H-pyrrole nitrogens is 1. The number of aromatic amines is 1. The normalized spacial score (nSPS) is 13.5. The minimum atomic E-state index is 0. The van der Waals surface area contributed by atoms with E-state index in [1.54, 1.807) is 12.2 Å². The molecule has 0 unspecified atom stereocenters. The Bertz CT molecular complexity index is 668. The highest BCUT2D eigenvalue weighted by molar-refractivity contribution is 5.96. The van der Waals surface area contributed by atoms with Crippen molar-refractivity contribution < 1.29 is 5.11 Å². The van der Waals surface area contributed by atoms with Crippen molar-refractivity contribution in [1.82, 2.24) is 4.98 Å². The lowest BCUT2D eigenvalue weighted by atomic mass is 10.1. The summed E-state index contributed by atoms with van der Waals surface area (Å²) in [6, 6.07) is 6.29. The van der Waals surface area contributed by atoms with Crippen molar-refractivity contribution in [3.63, 3.8) is 0 Å². The zero-order valence-electron chi connectivity index (χ0n) is 11.0. The van der Waals surface area contributed by atoms with E-state index in [4.69, 9.17) is 0 Å². The summed E-state index contributed by atoms with van der Waals surface area (Å²) in [5.74, 6) is 0.298. The van der Waals surface area contributed by atoms with Gasteiger partial charge in [-0.05, 0) is 24.1 Å². The minimum Gasteiger partial charge on any atom is -0.508 e. The molecule has 1 aliphatic rings. The van der Waals surface area contributed by atoms with Crippen molar-refractivity contribution in [3.8, 4) is 0 Å². The van der Waals surface area contributed by atoms with Crippen LogP contribution in [0.25, 0.3) is 17.0 Å². The maximum absolute atomic E-state index is 9.68. The fourth-order valence-electron chi connectivity index (χ4n) is 2.49. The number of aliphatic hydroxyl groups is 1. The number of hydrogen-bond donors (Lipinski definition) is 2. The summed E-state index contributed by atoms with van der Waals surface area (Å²) in [4.78, 5) is 5.51. The van der Waals surface area contributed by atoms with Crippen molar-refractivity contribution in [2.24, 2.45) is 0 Å². The zero-order valence-corrected chi connectivity index (χ0v) is 11.8. The molecule has 0 spiro atoms. The highest BCUT2D eigenvalue weighted by Crippen LogP contribution is 2.32. The molecule has 3 nitrogen and oxygen atoms in total. The quantitative estimate of drug-likeness (QED) is 0.834. The lowest BCUT2D eigenvalue weighted by Crippen LogP contribution is -2.08. The average Bonchev–Trinajstić information content (AvgIpc) is 2.56. The van der Waals surface area contributed by atoms with E-state index in [2.05, 4.69) is 28.1 Å². The summed E-state index contributed by atoms with van der Waals surface area (Å²) in [7, 11) is 4.07. The monoisotopic (exact) mass is 276 g/mol. The predicted octanol–water partition coefficient (Wildman–Crippen LogP) is 3.67. The SMILES string of the molecule is CN(C)c1cccc2c3c([nH]c12)C=C(O)C=CC3.Cl. The number of aromatic nitrogens is 1. The molecular formula is C15H17ClN2O. The van der Waals surface area contributed by atoms with E-state index in [-0.39, 0.29) is 12.4 Å². The summed E-state index contributed by atoms with van der Waals surface area (Å²) < 4.78 is 0. The van der Waals surface area contributed by atoms with Crippen molar-refractivity contribution in [2.75, 3.05) is 19.0 Å². The molecule has 0 bridgehead atoms. The van der Waals surface area contributed by atoms with Crippen LogP contribution < -0.4 is 4.90 Å². The van der Waals surface area contributed by atoms with Crippen LogP contribution in [-0.4, -0.2) is 24.2 Å². The molecule has 0 aliphatic heterocycles. The number of nitrogens with one attached hydrogen (secondary N) is 1. The Balaban J connectivity index is 0.00000133. The molecule has 0 fully saturated rings. The number of benzene rings is 1. The van der Waals surface area contributed by atoms with Gasteiger partial charge in [-0.1, -0.05) is 18.2 Å². The topological polar surface area (TPSA) is 39.3 Å². The smallest absolute Gasteiger partial charge is 0.117 e. The fraction of sp³-hybridized carbons (Fsp3) is 0.200. The molecule has 2 N–H and O–H groups in total. The van der Waals surface area contributed by atoms with E-state index >= 15 is 0 Å². The third-order valence-corrected chi connectivity index (χ3v) is 3.34. The van der Waals surface area contributed by atoms with Gasteiger partial charge in [-0.15, -0.1) is 12.4 Å². The summed E-state index contributed by atoms with van der Waals surface area (Å²) in [6.45, 7) is 0. The predicted molar refractivity (Wildman–Crippen MR) is 83.3 cm³/mol. The van der Waals surface area contributed by atoms with Crippen molar-refractivity contribution >= 4 is 35.1 Å². The molecule has 0 atom stereocenters. The Morgan fingerprint density at radius 1 is 1.26 bits per heavy atom. The molecule has 2 aromatic rings. The second kappa shape index (κ2) is 5.02. The Kier molecular flexibility index (Phi) is 3.58. The first-order valence-electron chi connectivity index (χ1n) is 6.05. The molecule has 1 heterocycles. The van der Waals surface area contributed by atoms with E-state index in [0.717, 1.165) is 23.3 Å². The number of rotatable bonds is 1. The number of anilines is 1. The molecule has 0 radical (unpaired) electrons. The van der Waals surface area contributed by atoms with Gasteiger partial charge in [-0.25, -0.2) is 0 Å². The third kappa shape index (κ3) is 2.22. The van der Waals surface area contributed by atoms with Crippen LogP contribution >= 0.6 is 12.4 Å². The van der Waals surface area contributed by atoms with Crippen LogP contribution in [0.2, 0.25) is 0 Å². The van der Waals surface area contributed by atoms with Crippen LogP contribution in [-0.2, 0) is 6.42 Å². The van der Waals surface area contributed by atoms with Gasteiger partial charge in [-0.3, -0.25) is 0 Å². The first kappa shape index (κ1) is 13.6. The van der Waals surface area contributed by atoms with E-state index in [1.165, 1.54) is 10.9 Å². The number of nitrogens with zero attached hydrogens (tertiary/aromatic N) is 1. The van der Waals surface area contributed by atoms with Crippen LogP contribution in [0.4, 0.5) is 5.69 Å². The highest BCUT2D eigenvalue weighted by atomic mass is 35.5. The van der Waals surface area contributed by atoms with Gasteiger partial charge in [0.2, 0.25) is 0 Å². The van der Waals surface area contributed by atoms with Crippen LogP contribution in [0, 0.1) is 0 Å². The summed E-state index contributed by atoms with van der Waals surface area (Å²) >= 11 is 0. The first-order chi connectivity index (χ1) is 8.66. The fourth-order valence-corrected chi connectivity index (χ4v) is 2.49. The average molecular weight is 277 g/mol. The van der Waals surface area contributed by atoms with E-state index < -0.39 is 0 Å². The summed E-state index contributed by atoms with van der Waals surface area (Å²) in [5.41, 5.74) is 4.54. The molecule has 4 heteroatoms. The summed E-state index contributed by atoms with van der Waals surface area (Å²) in [6.07, 6.45) is 6.37. The molecule has 1 aromatic carbocycles. The minimum absolute atomic E-state index is 0. The lowest BCUT2D eigenvalue weighted by Gasteiger charge is -2.13. The van der Waals surface area contributed by atoms with Crippen LogP contribution in [0.3, 0.4) is 0 Å². The molecule has 1 aliphatic carbocycles. The van der Waals surface area contributed by atoms with Crippen LogP contribution in [0.15, 0.2) is 36.1 Å². The molecule has 19 heavy (non-hydrogen) atoms. The van der Waals surface area contributed by atoms with E-state index in [9.17, 15) is 5.11 Å². The van der Waals surface area contributed by atoms with Gasteiger partial charge >= 0.3 is 0 Å². The largest absolute Gasteiger partial charge is 0.508 e. The third-order valence-electron chi connectivity index (χ3n) is 3.34. The van der Waals surface area contributed by atoms with E-state index in [1.807, 2.05) is 20.2 Å². The Morgan fingerprint density at radius 2 is 2.05 bits per heavy atom. The number of fused-ring (bicyclic) bond motifs is 3. The van der Waals surface area contributed by atoms with Gasteiger partial charge in [0.05, 0.1) is 11.2 Å². The van der Waals surface area contributed by atoms with Gasteiger partial charge in [0, 0.05) is 31.3 Å². The molecule has 1 aromatic heterocycles. The highest BCUT2D eigenvalue weighted by Gasteiger charge is 2.14. The van der Waals surface area contributed by atoms with Crippen molar-refractivity contribution in [3.05, 3.63) is 47.4 Å².